The van der Waals surface area contributed by atoms with Crippen LogP contribution in [0.4, 0.5) is 36.4 Å². The van der Waals surface area contributed by atoms with E-state index in [1.807, 2.05) is 0 Å². The SMILES string of the molecule is O=C(c1ccc([N+](=O)[O-])cc1)C(F)(F)C(F)(F)C(F)(F)F. The Morgan fingerprint density at radius 2 is 1.38 bits per heavy atom. The summed E-state index contributed by atoms with van der Waals surface area (Å²) in [5.74, 6) is -15.4. The van der Waals surface area contributed by atoms with Crippen molar-refractivity contribution < 1.29 is 40.5 Å². The standard InChI is InChI=1S/C10H4F7NO3/c11-8(12,9(13,14)10(15,16)17)7(19)5-1-3-6(4-2-5)18(20)21/h1-4H. The number of rotatable bonds is 4. The van der Waals surface area contributed by atoms with E-state index in [9.17, 15) is 45.6 Å². The lowest BCUT2D eigenvalue weighted by atomic mass is 10.00. The number of carbonyl (C=O) groups is 1. The summed E-state index contributed by atoms with van der Waals surface area (Å²) in [6, 6.07) is 1.77. The minimum absolute atomic E-state index is 0.362. The Balaban J connectivity index is 3.20. The summed E-state index contributed by atoms with van der Waals surface area (Å²) in [5.41, 5.74) is -1.87. The first-order chi connectivity index (χ1) is 9.32. The van der Waals surface area contributed by atoms with Crippen molar-refractivity contribution in [2.24, 2.45) is 0 Å². The number of hydrogen-bond donors (Lipinski definition) is 0. The largest absolute Gasteiger partial charge is 0.460 e. The van der Waals surface area contributed by atoms with Crippen molar-refractivity contribution in [3.05, 3.63) is 39.9 Å². The second-order valence-electron chi connectivity index (χ2n) is 3.78. The van der Waals surface area contributed by atoms with Crippen LogP contribution in [0, 0.1) is 10.1 Å². The van der Waals surface area contributed by atoms with Crippen LogP contribution in [0.3, 0.4) is 0 Å². The van der Waals surface area contributed by atoms with Crippen LogP contribution in [-0.2, 0) is 0 Å². The summed E-state index contributed by atoms with van der Waals surface area (Å²) >= 11 is 0. The van der Waals surface area contributed by atoms with Crippen molar-refractivity contribution in [2.75, 3.05) is 0 Å². The molecule has 0 saturated carbocycles. The molecule has 0 fully saturated rings. The highest BCUT2D eigenvalue weighted by molar-refractivity contribution is 6.02. The minimum Gasteiger partial charge on any atom is -0.287 e. The van der Waals surface area contributed by atoms with Crippen molar-refractivity contribution in [1.29, 1.82) is 0 Å². The molecule has 0 aliphatic heterocycles. The maximum atomic E-state index is 13.1. The number of ketones is 1. The number of halogens is 7. The number of non-ortho nitro benzene ring substituents is 1. The zero-order valence-electron chi connectivity index (χ0n) is 9.63. The average Bonchev–Trinajstić information content (AvgIpc) is 2.36. The Morgan fingerprint density at radius 1 is 0.952 bits per heavy atom. The average molecular weight is 319 g/mol. The van der Waals surface area contributed by atoms with E-state index in [4.69, 9.17) is 0 Å². The van der Waals surface area contributed by atoms with Crippen molar-refractivity contribution in [3.8, 4) is 0 Å². The molecule has 0 N–H and O–H groups in total. The second kappa shape index (κ2) is 4.97. The normalized spacial score (nSPS) is 13.1. The van der Waals surface area contributed by atoms with Crippen LogP contribution in [-0.4, -0.2) is 28.7 Å². The fourth-order valence-corrected chi connectivity index (χ4v) is 1.24. The molecule has 0 heterocycles. The molecule has 1 aromatic carbocycles. The van der Waals surface area contributed by atoms with E-state index in [2.05, 4.69) is 0 Å². The molecule has 0 aliphatic rings. The van der Waals surface area contributed by atoms with Crippen LogP contribution < -0.4 is 0 Å². The first kappa shape index (κ1) is 16.9. The molecule has 1 rings (SSSR count). The molecule has 4 nitrogen and oxygen atoms in total. The van der Waals surface area contributed by atoms with Crippen molar-refractivity contribution in [3.63, 3.8) is 0 Å². The monoisotopic (exact) mass is 319 g/mol. The lowest BCUT2D eigenvalue weighted by Crippen LogP contribution is -2.56. The van der Waals surface area contributed by atoms with Crippen molar-refractivity contribution in [2.45, 2.75) is 18.0 Å². The maximum absolute atomic E-state index is 13.1. The lowest BCUT2D eigenvalue weighted by Gasteiger charge is -2.26. The van der Waals surface area contributed by atoms with Gasteiger partial charge in [-0.25, -0.2) is 0 Å². The third-order valence-electron chi connectivity index (χ3n) is 2.38. The predicted octanol–water partition coefficient (Wildman–Crippen LogP) is 3.61. The van der Waals surface area contributed by atoms with E-state index in [-0.39, 0.29) is 0 Å². The van der Waals surface area contributed by atoms with Crippen LogP contribution in [0.25, 0.3) is 0 Å². The van der Waals surface area contributed by atoms with Gasteiger partial charge in [0, 0.05) is 17.7 Å². The van der Waals surface area contributed by atoms with E-state index in [1.165, 1.54) is 0 Å². The summed E-state index contributed by atoms with van der Waals surface area (Å²) in [4.78, 5) is 20.4. The summed E-state index contributed by atoms with van der Waals surface area (Å²) in [5, 5.41) is 10.3. The number of nitro benzene ring substituents is 1. The molecule has 0 unspecified atom stereocenters. The molecular formula is C10H4F7NO3. The Bertz CT molecular complexity index is 565. The Kier molecular flexibility index (Phi) is 3.99. The van der Waals surface area contributed by atoms with Crippen LogP contribution in [0.15, 0.2) is 24.3 Å². The summed E-state index contributed by atoms with van der Waals surface area (Å²) in [7, 11) is 0. The van der Waals surface area contributed by atoms with Crippen molar-refractivity contribution in [1.82, 2.24) is 0 Å². The molecule has 0 spiro atoms. The maximum Gasteiger partial charge on any atom is 0.460 e. The smallest absolute Gasteiger partial charge is 0.287 e. The van der Waals surface area contributed by atoms with Crippen LogP contribution in [0.1, 0.15) is 10.4 Å². The van der Waals surface area contributed by atoms with E-state index < -0.39 is 40.0 Å². The third-order valence-corrected chi connectivity index (χ3v) is 2.38. The van der Waals surface area contributed by atoms with Crippen molar-refractivity contribution >= 4 is 11.5 Å². The van der Waals surface area contributed by atoms with Crippen LogP contribution in [0.5, 0.6) is 0 Å². The fraction of sp³-hybridized carbons (Fsp3) is 0.300. The van der Waals surface area contributed by atoms with Gasteiger partial charge in [0.25, 0.3) is 5.69 Å². The Morgan fingerprint density at radius 3 is 1.71 bits per heavy atom. The van der Waals surface area contributed by atoms with Gasteiger partial charge in [-0.3, -0.25) is 14.9 Å². The molecule has 0 radical (unpaired) electrons. The number of alkyl halides is 7. The first-order valence-corrected chi connectivity index (χ1v) is 4.94. The number of benzene rings is 1. The molecule has 0 atom stereocenters. The summed E-state index contributed by atoms with van der Waals surface area (Å²) in [6.07, 6.45) is -6.63. The molecule has 0 saturated heterocycles. The predicted molar refractivity (Wildman–Crippen MR) is 53.4 cm³/mol. The second-order valence-corrected chi connectivity index (χ2v) is 3.78. The highest BCUT2D eigenvalue weighted by atomic mass is 19.4. The van der Waals surface area contributed by atoms with Crippen LogP contribution in [0.2, 0.25) is 0 Å². The Hall–Kier alpha value is -2.20. The molecule has 0 bridgehead atoms. The van der Waals surface area contributed by atoms with E-state index in [0.717, 1.165) is 0 Å². The first-order valence-electron chi connectivity index (χ1n) is 4.94. The summed E-state index contributed by atoms with van der Waals surface area (Å²) < 4.78 is 87.2. The fourth-order valence-electron chi connectivity index (χ4n) is 1.24. The molecule has 0 aliphatic carbocycles. The molecule has 0 amide bonds. The summed E-state index contributed by atoms with van der Waals surface area (Å²) in [6.45, 7) is 0. The van der Waals surface area contributed by atoms with Gasteiger partial charge in [0.2, 0.25) is 5.78 Å². The zero-order valence-corrected chi connectivity index (χ0v) is 9.63. The minimum atomic E-state index is -6.63. The third kappa shape index (κ3) is 2.81. The van der Waals surface area contributed by atoms with E-state index >= 15 is 0 Å². The van der Waals surface area contributed by atoms with Gasteiger partial charge in [-0.15, -0.1) is 0 Å². The van der Waals surface area contributed by atoms with Gasteiger partial charge >= 0.3 is 18.0 Å². The van der Waals surface area contributed by atoms with Crippen LogP contribution >= 0.6 is 0 Å². The van der Waals surface area contributed by atoms with Gasteiger partial charge in [-0.05, 0) is 12.1 Å². The van der Waals surface area contributed by atoms with Gasteiger partial charge < -0.3 is 0 Å². The van der Waals surface area contributed by atoms with Gasteiger partial charge in [0.15, 0.2) is 0 Å². The number of hydrogen-bond acceptors (Lipinski definition) is 3. The molecule has 21 heavy (non-hydrogen) atoms. The number of nitro groups is 1. The molecule has 0 aromatic heterocycles. The van der Waals surface area contributed by atoms with E-state index in [0.29, 0.717) is 24.3 Å². The van der Waals surface area contributed by atoms with Gasteiger partial charge in [-0.1, -0.05) is 0 Å². The topological polar surface area (TPSA) is 60.2 Å². The molecule has 116 valence electrons. The van der Waals surface area contributed by atoms with Gasteiger partial charge in [0.1, 0.15) is 0 Å². The number of Topliss-reactive ketones (excluding diaryl/α,β-unsaturated/α-hetero) is 1. The zero-order chi connectivity index (χ0) is 16.6. The lowest BCUT2D eigenvalue weighted by molar-refractivity contribution is -0.384. The van der Waals surface area contributed by atoms with E-state index in [1.54, 1.807) is 0 Å². The van der Waals surface area contributed by atoms with Gasteiger partial charge in [-0.2, -0.15) is 30.7 Å². The quantitative estimate of drug-likeness (QED) is 0.369. The van der Waals surface area contributed by atoms with Gasteiger partial charge in [0.05, 0.1) is 4.92 Å². The highest BCUT2D eigenvalue weighted by Gasteiger charge is 2.76. The molecule has 11 heteroatoms. The highest BCUT2D eigenvalue weighted by Crippen LogP contribution is 2.47. The molecule has 1 aromatic rings. The number of carbonyl (C=O) groups excluding carboxylic acids is 1. The molecular weight excluding hydrogens is 315 g/mol. The number of nitrogens with zero attached hydrogens (tertiary/aromatic N) is 1. The Labute approximate surface area is 111 Å².